The molecule has 5 nitrogen and oxygen atoms in total. The Labute approximate surface area is 170 Å². The molecule has 0 spiro atoms. The summed E-state index contributed by atoms with van der Waals surface area (Å²) in [5, 5.41) is 4.13. The maximum absolute atomic E-state index is 12.1. The topological polar surface area (TPSA) is 62.4 Å². The first-order valence-corrected chi connectivity index (χ1v) is 9.68. The molecule has 0 heterocycles. The van der Waals surface area contributed by atoms with Crippen LogP contribution in [-0.4, -0.2) is 17.6 Å². The number of nitrogens with one attached hydrogen (secondary N) is 3. The Balaban J connectivity index is 1.74. The number of thiocarbonyl (C=S) groups is 1. The molecule has 0 bridgehead atoms. The van der Waals surface area contributed by atoms with Crippen LogP contribution in [0, 0.1) is 0 Å². The molecule has 0 atom stereocenters. The predicted molar refractivity (Wildman–Crippen MR) is 113 cm³/mol. The van der Waals surface area contributed by atoms with Crippen LogP contribution in [0.1, 0.15) is 42.1 Å². The van der Waals surface area contributed by atoms with Crippen molar-refractivity contribution in [1.82, 2.24) is 16.2 Å². The third-order valence-corrected chi connectivity index (χ3v) is 4.29. The van der Waals surface area contributed by atoms with Gasteiger partial charge >= 0.3 is 0 Å². The fraction of sp³-hybridized carbons (Fsp3) is 0.300. The molecule has 0 fully saturated rings. The largest absolute Gasteiger partial charge is 0.489 e. The third-order valence-electron chi connectivity index (χ3n) is 3.79. The first-order chi connectivity index (χ1) is 13.1. The number of benzene rings is 2. The monoisotopic (exact) mass is 405 g/mol. The van der Waals surface area contributed by atoms with Gasteiger partial charge in [0.15, 0.2) is 5.11 Å². The summed E-state index contributed by atoms with van der Waals surface area (Å²) in [6.07, 6.45) is 3.35. The highest BCUT2D eigenvalue weighted by Crippen LogP contribution is 2.17. The summed E-state index contributed by atoms with van der Waals surface area (Å²) in [4.78, 5) is 12.1. The Morgan fingerprint density at radius 2 is 1.74 bits per heavy atom. The molecule has 2 rings (SSSR count). The van der Waals surface area contributed by atoms with Crippen molar-refractivity contribution in [3.63, 3.8) is 0 Å². The van der Waals surface area contributed by atoms with Crippen LogP contribution in [0.4, 0.5) is 0 Å². The van der Waals surface area contributed by atoms with Crippen LogP contribution < -0.4 is 20.9 Å². The normalized spacial score (nSPS) is 10.1. The average molecular weight is 406 g/mol. The zero-order valence-electron chi connectivity index (χ0n) is 15.3. The zero-order chi connectivity index (χ0) is 19.5. The van der Waals surface area contributed by atoms with Crippen molar-refractivity contribution in [2.24, 2.45) is 0 Å². The number of carbonyl (C=O) groups excluding carboxylic acids is 1. The highest BCUT2D eigenvalue weighted by Gasteiger charge is 2.06. The van der Waals surface area contributed by atoms with Crippen LogP contribution in [0.15, 0.2) is 48.5 Å². The lowest BCUT2D eigenvalue weighted by Crippen LogP contribution is -2.46. The minimum absolute atomic E-state index is 0.252. The summed E-state index contributed by atoms with van der Waals surface area (Å²) in [5.74, 6) is 0.489. The smallest absolute Gasteiger partial charge is 0.269 e. The van der Waals surface area contributed by atoms with Crippen molar-refractivity contribution < 1.29 is 9.53 Å². The second-order valence-electron chi connectivity index (χ2n) is 5.98. The molecule has 27 heavy (non-hydrogen) atoms. The molecule has 2 aromatic carbocycles. The predicted octanol–water partition coefficient (Wildman–Crippen LogP) is 4.22. The Kier molecular flexibility index (Phi) is 8.87. The van der Waals surface area contributed by atoms with Gasteiger partial charge < -0.3 is 10.1 Å². The van der Waals surface area contributed by atoms with Gasteiger partial charge in [0.1, 0.15) is 12.4 Å². The molecule has 0 unspecified atom stereocenters. The Hall–Kier alpha value is -2.31. The second kappa shape index (κ2) is 11.4. The van der Waals surface area contributed by atoms with E-state index in [1.54, 1.807) is 24.3 Å². The first kappa shape index (κ1) is 21.0. The summed E-state index contributed by atoms with van der Waals surface area (Å²) in [7, 11) is 0. The molecule has 7 heteroatoms. The summed E-state index contributed by atoms with van der Waals surface area (Å²) >= 11 is 11.0. The highest BCUT2D eigenvalue weighted by molar-refractivity contribution is 7.80. The lowest BCUT2D eigenvalue weighted by atomic mass is 10.1. The van der Waals surface area contributed by atoms with Crippen molar-refractivity contribution in [3.8, 4) is 5.75 Å². The number of hydrazine groups is 1. The van der Waals surface area contributed by atoms with Gasteiger partial charge in [-0.15, -0.1) is 0 Å². The van der Waals surface area contributed by atoms with E-state index in [1.165, 1.54) is 0 Å². The molecule has 0 aliphatic carbocycles. The van der Waals surface area contributed by atoms with Gasteiger partial charge in [0, 0.05) is 17.1 Å². The van der Waals surface area contributed by atoms with Gasteiger partial charge in [-0.1, -0.05) is 43.5 Å². The van der Waals surface area contributed by atoms with Gasteiger partial charge in [-0.2, -0.15) is 0 Å². The molecule has 1 amide bonds. The SMILES string of the molecule is CCCCCNC(=S)NNC(=O)c1ccc(COc2ccc(Cl)cc2)cc1. The number of ether oxygens (including phenoxy) is 1. The number of carbonyl (C=O) groups is 1. The lowest BCUT2D eigenvalue weighted by molar-refractivity contribution is 0.0943. The standard InChI is InChI=1S/C20H24ClN3O2S/c1-2-3-4-13-22-20(27)24-23-19(25)16-7-5-15(6-8-16)14-26-18-11-9-17(21)10-12-18/h5-12H,2-4,13-14H2,1H3,(H,23,25)(H2,22,24,27). The molecular weight excluding hydrogens is 382 g/mol. The van der Waals surface area contributed by atoms with Crippen LogP contribution in [0.2, 0.25) is 5.02 Å². The third kappa shape index (κ3) is 7.85. The Morgan fingerprint density at radius 1 is 1.04 bits per heavy atom. The minimum atomic E-state index is -0.252. The summed E-state index contributed by atoms with van der Waals surface area (Å²) in [6, 6.07) is 14.4. The number of amides is 1. The van der Waals surface area contributed by atoms with Crippen LogP contribution in [0.25, 0.3) is 0 Å². The van der Waals surface area contributed by atoms with Gasteiger partial charge in [-0.25, -0.2) is 0 Å². The molecular formula is C20H24ClN3O2S. The molecule has 0 aliphatic rings. The number of hydrogen-bond donors (Lipinski definition) is 3. The van der Waals surface area contributed by atoms with Crippen molar-refractivity contribution in [2.75, 3.05) is 6.54 Å². The van der Waals surface area contributed by atoms with Crippen LogP contribution in [0.3, 0.4) is 0 Å². The Bertz CT molecular complexity index is 736. The maximum Gasteiger partial charge on any atom is 0.269 e. The van der Waals surface area contributed by atoms with Crippen molar-refractivity contribution in [3.05, 3.63) is 64.7 Å². The molecule has 0 saturated carbocycles. The van der Waals surface area contributed by atoms with Gasteiger partial charge in [-0.05, 0) is 60.6 Å². The average Bonchev–Trinajstić information content (AvgIpc) is 2.69. The van der Waals surface area contributed by atoms with E-state index in [0.29, 0.717) is 22.3 Å². The summed E-state index contributed by atoms with van der Waals surface area (Å²) < 4.78 is 5.68. The van der Waals surface area contributed by atoms with Crippen LogP contribution >= 0.6 is 23.8 Å². The van der Waals surface area contributed by atoms with Gasteiger partial charge in [-0.3, -0.25) is 15.6 Å². The fourth-order valence-electron chi connectivity index (χ4n) is 2.26. The van der Waals surface area contributed by atoms with Crippen molar-refractivity contribution in [1.29, 1.82) is 0 Å². The summed E-state index contributed by atoms with van der Waals surface area (Å²) in [6.45, 7) is 3.34. The van der Waals surface area contributed by atoms with E-state index in [1.807, 2.05) is 24.3 Å². The second-order valence-corrected chi connectivity index (χ2v) is 6.83. The molecule has 144 valence electrons. The zero-order valence-corrected chi connectivity index (χ0v) is 16.8. The lowest BCUT2D eigenvalue weighted by Gasteiger charge is -2.12. The minimum Gasteiger partial charge on any atom is -0.489 e. The molecule has 0 aliphatic heterocycles. The van der Waals surface area contributed by atoms with Crippen LogP contribution in [-0.2, 0) is 6.61 Å². The molecule has 0 aromatic heterocycles. The van der Waals surface area contributed by atoms with Gasteiger partial charge in [0.05, 0.1) is 0 Å². The van der Waals surface area contributed by atoms with E-state index in [-0.39, 0.29) is 5.91 Å². The molecule has 0 radical (unpaired) electrons. The number of hydrogen-bond acceptors (Lipinski definition) is 3. The van der Waals surface area contributed by atoms with E-state index in [9.17, 15) is 4.79 Å². The van der Waals surface area contributed by atoms with E-state index in [2.05, 4.69) is 23.1 Å². The first-order valence-electron chi connectivity index (χ1n) is 8.90. The van der Waals surface area contributed by atoms with E-state index >= 15 is 0 Å². The molecule has 2 aromatic rings. The van der Waals surface area contributed by atoms with Crippen molar-refractivity contribution in [2.45, 2.75) is 32.8 Å². The van der Waals surface area contributed by atoms with E-state index < -0.39 is 0 Å². The summed E-state index contributed by atoms with van der Waals surface area (Å²) in [5.41, 5.74) is 6.79. The Morgan fingerprint density at radius 3 is 2.41 bits per heavy atom. The van der Waals surface area contributed by atoms with Crippen molar-refractivity contribution >= 4 is 34.8 Å². The molecule has 0 saturated heterocycles. The number of rotatable bonds is 8. The fourth-order valence-corrected chi connectivity index (χ4v) is 2.54. The van der Waals surface area contributed by atoms with Gasteiger partial charge in [0.25, 0.3) is 5.91 Å². The van der Waals surface area contributed by atoms with E-state index in [4.69, 9.17) is 28.6 Å². The quantitative estimate of drug-likeness (QED) is 0.348. The van der Waals surface area contributed by atoms with Crippen LogP contribution in [0.5, 0.6) is 5.75 Å². The molecule has 3 N–H and O–H groups in total. The highest BCUT2D eigenvalue weighted by atomic mass is 35.5. The van der Waals surface area contributed by atoms with Gasteiger partial charge in [0.2, 0.25) is 0 Å². The number of unbranched alkanes of at least 4 members (excludes halogenated alkanes) is 2. The van der Waals surface area contributed by atoms with E-state index in [0.717, 1.165) is 37.1 Å². The number of halogens is 1. The maximum atomic E-state index is 12.1.